The molecule has 2 amide bonds. The predicted octanol–water partition coefficient (Wildman–Crippen LogP) is 4.88. The second-order valence-electron chi connectivity index (χ2n) is 10.1. The highest BCUT2D eigenvalue weighted by molar-refractivity contribution is 7.92. The Bertz CT molecular complexity index is 1390. The van der Waals surface area contributed by atoms with Crippen LogP contribution in [0.5, 0.6) is 5.75 Å². The minimum atomic E-state index is -4.18. The number of methoxy groups -OCH3 is 1. The predicted molar refractivity (Wildman–Crippen MR) is 153 cm³/mol. The molecule has 8 nitrogen and oxygen atoms in total. The number of amides is 2. The molecular weight excluding hydrogens is 538 g/mol. The summed E-state index contributed by atoms with van der Waals surface area (Å²) in [7, 11) is -2.62. The Balaban J connectivity index is 2.03. The number of carbonyl (C=O) groups excluding carboxylic acids is 2. The van der Waals surface area contributed by atoms with E-state index < -0.39 is 34.1 Å². The highest BCUT2D eigenvalue weighted by atomic mass is 35.5. The lowest BCUT2D eigenvalue weighted by atomic mass is 10.1. The summed E-state index contributed by atoms with van der Waals surface area (Å²) in [5.41, 5.74) is 0.378. The third kappa shape index (κ3) is 7.74. The number of sulfonamides is 1. The number of nitrogens with zero attached hydrogens (tertiary/aromatic N) is 2. The minimum Gasteiger partial charge on any atom is -0.497 e. The van der Waals surface area contributed by atoms with Crippen LogP contribution in [0.15, 0.2) is 83.8 Å². The molecule has 3 aromatic rings. The molecule has 0 saturated carbocycles. The van der Waals surface area contributed by atoms with Gasteiger partial charge in [-0.25, -0.2) is 8.42 Å². The molecule has 0 heterocycles. The third-order valence-corrected chi connectivity index (χ3v) is 8.00. The van der Waals surface area contributed by atoms with E-state index in [1.807, 2.05) is 20.8 Å². The normalized spacial score (nSPS) is 12.4. The van der Waals surface area contributed by atoms with Gasteiger partial charge in [-0.2, -0.15) is 0 Å². The van der Waals surface area contributed by atoms with Crippen LogP contribution in [0.4, 0.5) is 5.69 Å². The zero-order chi connectivity index (χ0) is 28.8. The van der Waals surface area contributed by atoms with Crippen LogP contribution in [-0.4, -0.2) is 50.4 Å². The van der Waals surface area contributed by atoms with E-state index in [1.165, 1.54) is 17.0 Å². The highest BCUT2D eigenvalue weighted by Gasteiger charge is 2.34. The number of nitrogens with one attached hydrogen (secondary N) is 1. The van der Waals surface area contributed by atoms with Crippen molar-refractivity contribution >= 4 is 39.1 Å². The molecule has 3 aromatic carbocycles. The Kier molecular flexibility index (Phi) is 9.63. The average Bonchev–Trinajstić information content (AvgIpc) is 2.90. The molecule has 1 N–H and O–H groups in total. The molecule has 1 atom stereocenters. The van der Waals surface area contributed by atoms with Crippen LogP contribution in [-0.2, 0) is 26.2 Å². The standard InChI is InChI=1S/C29H34ClN3O5S/c1-21(28(35)31-29(2,3)4)32(19-22-15-17-23(38-5)18-16-22)27(34)20-33(26-14-10-9-13-25(26)30)39(36,37)24-11-7-6-8-12-24/h6-18,21H,19-20H2,1-5H3,(H,31,35)/t21-/m1/s1. The van der Waals surface area contributed by atoms with Crippen molar-refractivity contribution in [2.75, 3.05) is 18.0 Å². The number of carbonyl (C=O) groups is 2. The number of ether oxygens (including phenoxy) is 1. The Morgan fingerprint density at radius 1 is 0.949 bits per heavy atom. The first-order valence-corrected chi connectivity index (χ1v) is 14.2. The van der Waals surface area contributed by atoms with Gasteiger partial charge in [-0.05, 0) is 69.7 Å². The lowest BCUT2D eigenvalue weighted by Crippen LogP contribution is -2.54. The molecule has 0 bridgehead atoms. The monoisotopic (exact) mass is 571 g/mol. The van der Waals surface area contributed by atoms with Crippen LogP contribution in [0.1, 0.15) is 33.3 Å². The highest BCUT2D eigenvalue weighted by Crippen LogP contribution is 2.30. The van der Waals surface area contributed by atoms with Gasteiger partial charge in [-0.1, -0.05) is 54.1 Å². The van der Waals surface area contributed by atoms with Gasteiger partial charge in [0, 0.05) is 12.1 Å². The summed E-state index contributed by atoms with van der Waals surface area (Å²) in [6, 6.07) is 20.5. The van der Waals surface area contributed by atoms with Crippen LogP contribution in [0.2, 0.25) is 5.02 Å². The lowest BCUT2D eigenvalue weighted by Gasteiger charge is -2.33. The van der Waals surface area contributed by atoms with Crippen LogP contribution in [0, 0.1) is 0 Å². The first-order valence-electron chi connectivity index (χ1n) is 12.4. The van der Waals surface area contributed by atoms with E-state index in [0.29, 0.717) is 5.75 Å². The summed E-state index contributed by atoms with van der Waals surface area (Å²) < 4.78 is 33.7. The second-order valence-corrected chi connectivity index (χ2v) is 12.3. The molecule has 0 saturated heterocycles. The van der Waals surface area contributed by atoms with Crippen LogP contribution in [0.3, 0.4) is 0 Å². The van der Waals surface area contributed by atoms with Crippen LogP contribution < -0.4 is 14.4 Å². The summed E-state index contributed by atoms with van der Waals surface area (Å²) in [6.45, 7) is 6.66. The van der Waals surface area contributed by atoms with Gasteiger partial charge in [0.1, 0.15) is 18.3 Å². The summed E-state index contributed by atoms with van der Waals surface area (Å²) in [6.07, 6.45) is 0. The molecule has 0 aromatic heterocycles. The molecule has 3 rings (SSSR count). The molecule has 10 heteroatoms. The molecule has 0 radical (unpaired) electrons. The van der Waals surface area contributed by atoms with E-state index in [2.05, 4.69) is 5.32 Å². The van der Waals surface area contributed by atoms with E-state index >= 15 is 0 Å². The molecule has 0 aliphatic heterocycles. The zero-order valence-corrected chi connectivity index (χ0v) is 24.3. The Labute approximate surface area is 235 Å². The van der Waals surface area contributed by atoms with Crippen molar-refractivity contribution in [3.8, 4) is 5.75 Å². The van der Waals surface area contributed by atoms with Crippen molar-refractivity contribution in [3.05, 3.63) is 89.4 Å². The van der Waals surface area contributed by atoms with Crippen molar-refractivity contribution in [3.63, 3.8) is 0 Å². The van der Waals surface area contributed by atoms with Gasteiger partial charge in [0.25, 0.3) is 10.0 Å². The van der Waals surface area contributed by atoms with Crippen molar-refractivity contribution in [2.24, 2.45) is 0 Å². The van der Waals surface area contributed by atoms with E-state index in [9.17, 15) is 18.0 Å². The zero-order valence-electron chi connectivity index (χ0n) is 22.7. The topological polar surface area (TPSA) is 96.0 Å². The Hall–Kier alpha value is -3.56. The minimum absolute atomic E-state index is 0.0120. The molecule has 0 aliphatic carbocycles. The Morgan fingerprint density at radius 3 is 2.10 bits per heavy atom. The van der Waals surface area contributed by atoms with E-state index in [1.54, 1.807) is 80.8 Å². The van der Waals surface area contributed by atoms with Crippen molar-refractivity contribution in [1.82, 2.24) is 10.2 Å². The fourth-order valence-electron chi connectivity index (χ4n) is 3.87. The number of anilines is 1. The fourth-order valence-corrected chi connectivity index (χ4v) is 5.61. The molecule has 39 heavy (non-hydrogen) atoms. The second kappa shape index (κ2) is 12.5. The first-order chi connectivity index (χ1) is 18.3. The molecule has 0 fully saturated rings. The van der Waals surface area contributed by atoms with E-state index in [4.69, 9.17) is 16.3 Å². The van der Waals surface area contributed by atoms with Crippen molar-refractivity contribution < 1.29 is 22.7 Å². The summed E-state index contributed by atoms with van der Waals surface area (Å²) in [5, 5.41) is 3.07. The third-order valence-electron chi connectivity index (χ3n) is 5.91. The summed E-state index contributed by atoms with van der Waals surface area (Å²) in [4.78, 5) is 28.5. The molecule has 0 spiro atoms. The maximum Gasteiger partial charge on any atom is 0.264 e. The largest absolute Gasteiger partial charge is 0.497 e. The summed E-state index contributed by atoms with van der Waals surface area (Å²) in [5.74, 6) is -0.282. The molecular formula is C29H34ClN3O5S. The number of rotatable bonds is 10. The van der Waals surface area contributed by atoms with Gasteiger partial charge in [-0.15, -0.1) is 0 Å². The fraction of sp³-hybridized carbons (Fsp3) is 0.310. The number of benzene rings is 3. The van der Waals surface area contributed by atoms with Crippen molar-refractivity contribution in [1.29, 1.82) is 0 Å². The SMILES string of the molecule is COc1ccc(CN(C(=O)CN(c2ccccc2Cl)S(=O)(=O)c2ccccc2)[C@H](C)C(=O)NC(C)(C)C)cc1. The van der Waals surface area contributed by atoms with Gasteiger partial charge in [0.2, 0.25) is 11.8 Å². The van der Waals surface area contributed by atoms with Crippen molar-refractivity contribution in [2.45, 2.75) is 50.7 Å². The molecule has 0 aliphatic rings. The number of para-hydroxylation sites is 1. The first kappa shape index (κ1) is 30.0. The number of hydrogen-bond acceptors (Lipinski definition) is 5. The maximum absolute atomic E-state index is 13.9. The summed E-state index contributed by atoms with van der Waals surface area (Å²) >= 11 is 6.41. The average molecular weight is 572 g/mol. The maximum atomic E-state index is 13.9. The van der Waals surface area contributed by atoms with Gasteiger partial charge >= 0.3 is 0 Å². The Morgan fingerprint density at radius 2 is 1.54 bits per heavy atom. The molecule has 0 unspecified atom stereocenters. The van der Waals surface area contributed by atoms with E-state index in [0.717, 1.165) is 9.87 Å². The smallest absolute Gasteiger partial charge is 0.264 e. The molecule has 208 valence electrons. The number of halogens is 1. The van der Waals surface area contributed by atoms with Gasteiger partial charge < -0.3 is 15.0 Å². The van der Waals surface area contributed by atoms with E-state index in [-0.39, 0.29) is 28.1 Å². The van der Waals surface area contributed by atoms with Gasteiger partial charge in [0.05, 0.1) is 22.7 Å². The van der Waals surface area contributed by atoms with Gasteiger partial charge in [0.15, 0.2) is 0 Å². The van der Waals surface area contributed by atoms with Crippen LogP contribution >= 0.6 is 11.6 Å². The number of hydrogen-bond donors (Lipinski definition) is 1. The lowest BCUT2D eigenvalue weighted by molar-refractivity contribution is -0.140. The van der Waals surface area contributed by atoms with Gasteiger partial charge in [-0.3, -0.25) is 13.9 Å². The van der Waals surface area contributed by atoms with Crippen LogP contribution in [0.25, 0.3) is 0 Å². The quantitative estimate of drug-likeness (QED) is 0.374.